The monoisotopic (exact) mass is 219 g/mol. The van der Waals surface area contributed by atoms with Gasteiger partial charge < -0.3 is 5.32 Å². The second-order valence-electron chi connectivity index (χ2n) is 3.70. The van der Waals surface area contributed by atoms with Crippen molar-refractivity contribution in [2.75, 3.05) is 30.1 Å². The standard InChI is InChI=1S/C10H21NS2/c1-3-10(8-12-2)11-6-9-4-5-13-7-9/h9-11H,3-8H2,1-2H3. The SMILES string of the molecule is CCC(CSC)NCC1CCSC1. The summed E-state index contributed by atoms with van der Waals surface area (Å²) in [5.41, 5.74) is 0. The van der Waals surface area contributed by atoms with Crippen molar-refractivity contribution in [1.29, 1.82) is 0 Å². The summed E-state index contributed by atoms with van der Waals surface area (Å²) in [5.74, 6) is 4.96. The Morgan fingerprint density at radius 1 is 1.62 bits per heavy atom. The molecular formula is C10H21NS2. The van der Waals surface area contributed by atoms with Crippen molar-refractivity contribution in [3.8, 4) is 0 Å². The molecule has 0 radical (unpaired) electrons. The van der Waals surface area contributed by atoms with Crippen LogP contribution in [0.15, 0.2) is 0 Å². The van der Waals surface area contributed by atoms with Gasteiger partial charge in [0.05, 0.1) is 0 Å². The molecule has 0 aromatic heterocycles. The number of rotatable bonds is 6. The van der Waals surface area contributed by atoms with E-state index in [1.54, 1.807) is 0 Å². The van der Waals surface area contributed by atoms with E-state index >= 15 is 0 Å². The highest BCUT2D eigenvalue weighted by atomic mass is 32.2. The third-order valence-electron chi connectivity index (χ3n) is 2.58. The van der Waals surface area contributed by atoms with E-state index in [9.17, 15) is 0 Å². The van der Waals surface area contributed by atoms with Gasteiger partial charge in [0.1, 0.15) is 0 Å². The van der Waals surface area contributed by atoms with Crippen LogP contribution in [0.2, 0.25) is 0 Å². The summed E-state index contributed by atoms with van der Waals surface area (Å²) < 4.78 is 0. The molecule has 1 nitrogen and oxygen atoms in total. The van der Waals surface area contributed by atoms with E-state index in [-0.39, 0.29) is 0 Å². The van der Waals surface area contributed by atoms with Gasteiger partial charge in [0.2, 0.25) is 0 Å². The molecule has 0 aliphatic carbocycles. The fourth-order valence-electron chi connectivity index (χ4n) is 1.60. The Morgan fingerprint density at radius 2 is 2.46 bits per heavy atom. The molecule has 0 aromatic carbocycles. The normalized spacial score (nSPS) is 24.9. The first kappa shape index (κ1) is 11.7. The van der Waals surface area contributed by atoms with Crippen LogP contribution in [0.5, 0.6) is 0 Å². The van der Waals surface area contributed by atoms with Gasteiger partial charge in [-0.1, -0.05) is 6.92 Å². The third-order valence-corrected chi connectivity index (χ3v) is 4.55. The van der Waals surface area contributed by atoms with Crippen molar-refractivity contribution < 1.29 is 0 Å². The van der Waals surface area contributed by atoms with Gasteiger partial charge >= 0.3 is 0 Å². The van der Waals surface area contributed by atoms with Crippen LogP contribution in [0.25, 0.3) is 0 Å². The zero-order valence-corrected chi connectivity index (χ0v) is 10.3. The Balaban J connectivity index is 2.07. The molecule has 0 spiro atoms. The van der Waals surface area contributed by atoms with E-state index in [1.165, 1.54) is 36.6 Å². The predicted molar refractivity (Wildman–Crippen MR) is 65.9 cm³/mol. The lowest BCUT2D eigenvalue weighted by atomic mass is 10.1. The molecule has 2 atom stereocenters. The van der Waals surface area contributed by atoms with Crippen LogP contribution in [0.1, 0.15) is 19.8 Å². The van der Waals surface area contributed by atoms with Crippen molar-refractivity contribution in [2.45, 2.75) is 25.8 Å². The molecule has 78 valence electrons. The highest BCUT2D eigenvalue weighted by Crippen LogP contribution is 2.22. The zero-order chi connectivity index (χ0) is 9.52. The summed E-state index contributed by atoms with van der Waals surface area (Å²) in [7, 11) is 0. The van der Waals surface area contributed by atoms with E-state index in [0.29, 0.717) is 0 Å². The molecule has 13 heavy (non-hydrogen) atoms. The Morgan fingerprint density at radius 3 is 3.00 bits per heavy atom. The fourth-order valence-corrected chi connectivity index (χ4v) is 3.64. The van der Waals surface area contributed by atoms with Crippen molar-refractivity contribution in [3.05, 3.63) is 0 Å². The average molecular weight is 219 g/mol. The van der Waals surface area contributed by atoms with E-state index in [1.807, 2.05) is 11.8 Å². The van der Waals surface area contributed by atoms with Gasteiger partial charge in [-0.05, 0) is 43.1 Å². The molecule has 3 heteroatoms. The first-order chi connectivity index (χ1) is 6.36. The number of hydrogen-bond donors (Lipinski definition) is 1. The minimum atomic E-state index is 0.737. The van der Waals surface area contributed by atoms with Crippen molar-refractivity contribution >= 4 is 23.5 Å². The maximum atomic E-state index is 3.68. The van der Waals surface area contributed by atoms with Crippen LogP contribution in [-0.2, 0) is 0 Å². The largest absolute Gasteiger partial charge is 0.313 e. The molecule has 0 saturated carbocycles. The summed E-state index contributed by atoms with van der Waals surface area (Å²) in [4.78, 5) is 0. The average Bonchev–Trinajstić information content (AvgIpc) is 2.64. The van der Waals surface area contributed by atoms with Crippen molar-refractivity contribution in [3.63, 3.8) is 0 Å². The van der Waals surface area contributed by atoms with Gasteiger partial charge in [0.25, 0.3) is 0 Å². The van der Waals surface area contributed by atoms with E-state index < -0.39 is 0 Å². The second kappa shape index (κ2) is 7.02. The van der Waals surface area contributed by atoms with Gasteiger partial charge in [0, 0.05) is 11.8 Å². The van der Waals surface area contributed by atoms with E-state index in [4.69, 9.17) is 0 Å². The topological polar surface area (TPSA) is 12.0 Å². The van der Waals surface area contributed by atoms with Gasteiger partial charge in [-0.3, -0.25) is 0 Å². The lowest BCUT2D eigenvalue weighted by Gasteiger charge is -2.18. The molecule has 0 amide bonds. The Hall–Kier alpha value is 0.660. The summed E-state index contributed by atoms with van der Waals surface area (Å²) in [6, 6.07) is 0.737. The molecule has 1 saturated heterocycles. The lowest BCUT2D eigenvalue weighted by Crippen LogP contribution is -2.34. The Labute approximate surface area is 90.8 Å². The number of hydrogen-bond acceptors (Lipinski definition) is 3. The van der Waals surface area contributed by atoms with Crippen LogP contribution in [0.4, 0.5) is 0 Å². The van der Waals surface area contributed by atoms with Gasteiger partial charge in [0.15, 0.2) is 0 Å². The predicted octanol–water partition coefficient (Wildman–Crippen LogP) is 2.47. The number of thioether (sulfide) groups is 2. The highest BCUT2D eigenvalue weighted by molar-refractivity contribution is 7.99. The molecule has 1 fully saturated rings. The molecule has 0 aromatic rings. The molecule has 2 unspecified atom stereocenters. The Bertz CT molecular complexity index is 124. The minimum Gasteiger partial charge on any atom is -0.313 e. The Kier molecular flexibility index (Phi) is 6.33. The fraction of sp³-hybridized carbons (Fsp3) is 1.00. The second-order valence-corrected chi connectivity index (χ2v) is 5.76. The van der Waals surface area contributed by atoms with Crippen LogP contribution in [0, 0.1) is 5.92 Å². The van der Waals surface area contributed by atoms with Crippen LogP contribution < -0.4 is 5.32 Å². The molecule has 1 N–H and O–H groups in total. The molecule has 1 aliphatic heterocycles. The van der Waals surface area contributed by atoms with Gasteiger partial charge in [-0.2, -0.15) is 23.5 Å². The van der Waals surface area contributed by atoms with E-state index in [0.717, 1.165) is 12.0 Å². The summed E-state index contributed by atoms with van der Waals surface area (Å²) in [6.45, 7) is 3.52. The van der Waals surface area contributed by atoms with Crippen LogP contribution in [-0.4, -0.2) is 36.1 Å². The number of nitrogens with one attached hydrogen (secondary N) is 1. The maximum Gasteiger partial charge on any atom is 0.0155 e. The first-order valence-electron chi connectivity index (χ1n) is 5.16. The molecule has 1 rings (SSSR count). The summed E-state index contributed by atoms with van der Waals surface area (Å²) in [6.07, 6.45) is 4.88. The van der Waals surface area contributed by atoms with Crippen molar-refractivity contribution in [1.82, 2.24) is 5.32 Å². The van der Waals surface area contributed by atoms with Crippen LogP contribution in [0.3, 0.4) is 0 Å². The van der Waals surface area contributed by atoms with Crippen LogP contribution >= 0.6 is 23.5 Å². The minimum absolute atomic E-state index is 0.737. The van der Waals surface area contributed by atoms with Gasteiger partial charge in [-0.15, -0.1) is 0 Å². The maximum absolute atomic E-state index is 3.68. The molecule has 0 bridgehead atoms. The molecule has 1 heterocycles. The smallest absolute Gasteiger partial charge is 0.0155 e. The summed E-state index contributed by atoms with van der Waals surface area (Å²) in [5, 5.41) is 3.68. The first-order valence-corrected chi connectivity index (χ1v) is 7.71. The molecular weight excluding hydrogens is 198 g/mol. The van der Waals surface area contributed by atoms with Crippen molar-refractivity contribution in [2.24, 2.45) is 5.92 Å². The van der Waals surface area contributed by atoms with Gasteiger partial charge in [-0.25, -0.2) is 0 Å². The molecule has 1 aliphatic rings. The highest BCUT2D eigenvalue weighted by Gasteiger charge is 2.16. The lowest BCUT2D eigenvalue weighted by molar-refractivity contribution is 0.464. The third kappa shape index (κ3) is 4.61. The van der Waals surface area contributed by atoms with E-state index in [2.05, 4.69) is 30.3 Å². The quantitative estimate of drug-likeness (QED) is 0.737. The summed E-state index contributed by atoms with van der Waals surface area (Å²) >= 11 is 4.06. The zero-order valence-electron chi connectivity index (χ0n) is 8.71.